The van der Waals surface area contributed by atoms with E-state index in [4.69, 9.17) is 0 Å². The van der Waals surface area contributed by atoms with Gasteiger partial charge in [0.15, 0.2) is 0 Å². The first-order chi connectivity index (χ1) is 7.68. The van der Waals surface area contributed by atoms with Crippen molar-refractivity contribution in [3.8, 4) is 0 Å². The Morgan fingerprint density at radius 3 is 2.62 bits per heavy atom. The molecule has 2 N–H and O–H groups in total. The summed E-state index contributed by atoms with van der Waals surface area (Å²) in [6.45, 7) is 5.89. The van der Waals surface area contributed by atoms with Crippen molar-refractivity contribution in [2.45, 2.75) is 58.4 Å². The van der Waals surface area contributed by atoms with Crippen LogP contribution in [-0.4, -0.2) is 25.0 Å². The van der Waals surface area contributed by atoms with Gasteiger partial charge in [0, 0.05) is 6.04 Å². The Kier molecular flexibility index (Phi) is 6.46. The highest BCUT2D eigenvalue weighted by Gasteiger charge is 2.16. The Balaban J connectivity index is 1.93. The first-order valence-corrected chi connectivity index (χ1v) is 6.68. The lowest BCUT2D eigenvalue weighted by Crippen LogP contribution is -2.39. The summed E-state index contributed by atoms with van der Waals surface area (Å²) in [6, 6.07) is 0.449. The maximum atomic E-state index is 11.5. The molecule has 0 spiro atoms. The number of nitrogens with one attached hydrogen (secondary N) is 2. The van der Waals surface area contributed by atoms with Crippen LogP contribution in [-0.2, 0) is 4.79 Å². The molecule has 0 aromatic rings. The minimum absolute atomic E-state index is 0.163. The third-order valence-electron chi connectivity index (χ3n) is 3.14. The number of hydrogen-bond acceptors (Lipinski definition) is 2. The fourth-order valence-corrected chi connectivity index (χ4v) is 2.19. The van der Waals surface area contributed by atoms with Crippen LogP contribution in [0.15, 0.2) is 0 Å². The molecule has 0 aromatic heterocycles. The van der Waals surface area contributed by atoms with Crippen molar-refractivity contribution in [1.82, 2.24) is 10.6 Å². The van der Waals surface area contributed by atoms with Crippen LogP contribution in [0.25, 0.3) is 0 Å². The average Bonchev–Trinajstić information content (AvgIpc) is 2.69. The van der Waals surface area contributed by atoms with E-state index in [0.717, 1.165) is 18.9 Å². The standard InChI is InChI=1S/C13H26N2O/c1-11(2)6-5-9-14-10-13(16)15-12-7-3-4-8-12/h11-12,14H,3-10H2,1-2H3,(H,15,16). The van der Waals surface area contributed by atoms with E-state index in [9.17, 15) is 4.79 Å². The summed E-state index contributed by atoms with van der Waals surface area (Å²) >= 11 is 0. The maximum Gasteiger partial charge on any atom is 0.234 e. The average molecular weight is 226 g/mol. The molecule has 0 bridgehead atoms. The largest absolute Gasteiger partial charge is 0.352 e. The molecule has 0 aliphatic heterocycles. The Bertz CT molecular complexity index is 198. The van der Waals surface area contributed by atoms with Crippen LogP contribution in [0.3, 0.4) is 0 Å². The van der Waals surface area contributed by atoms with E-state index >= 15 is 0 Å². The normalized spacial score (nSPS) is 16.9. The van der Waals surface area contributed by atoms with Gasteiger partial charge in [-0.25, -0.2) is 0 Å². The van der Waals surface area contributed by atoms with Crippen LogP contribution in [0.2, 0.25) is 0 Å². The molecule has 0 heterocycles. The number of hydrogen-bond donors (Lipinski definition) is 2. The Morgan fingerprint density at radius 2 is 2.00 bits per heavy atom. The molecular weight excluding hydrogens is 200 g/mol. The highest BCUT2D eigenvalue weighted by Crippen LogP contribution is 2.17. The highest BCUT2D eigenvalue weighted by atomic mass is 16.1. The smallest absolute Gasteiger partial charge is 0.234 e. The number of carbonyl (C=O) groups is 1. The summed E-state index contributed by atoms with van der Waals surface area (Å²) in [5.74, 6) is 0.922. The first-order valence-electron chi connectivity index (χ1n) is 6.68. The van der Waals surface area contributed by atoms with Crippen molar-refractivity contribution in [1.29, 1.82) is 0 Å². The minimum atomic E-state index is 0.163. The van der Waals surface area contributed by atoms with Gasteiger partial charge in [0.1, 0.15) is 0 Å². The predicted molar refractivity (Wildman–Crippen MR) is 67.3 cm³/mol. The van der Waals surface area contributed by atoms with Crippen molar-refractivity contribution in [2.75, 3.05) is 13.1 Å². The van der Waals surface area contributed by atoms with Crippen molar-refractivity contribution in [3.63, 3.8) is 0 Å². The summed E-state index contributed by atoms with van der Waals surface area (Å²) in [4.78, 5) is 11.5. The topological polar surface area (TPSA) is 41.1 Å². The summed E-state index contributed by atoms with van der Waals surface area (Å²) in [7, 11) is 0. The summed E-state index contributed by atoms with van der Waals surface area (Å²) in [6.07, 6.45) is 7.27. The molecule has 1 amide bonds. The van der Waals surface area contributed by atoms with E-state index in [0.29, 0.717) is 12.6 Å². The second kappa shape index (κ2) is 7.66. The molecule has 1 aliphatic rings. The first kappa shape index (κ1) is 13.5. The van der Waals surface area contributed by atoms with Gasteiger partial charge in [0.05, 0.1) is 6.54 Å². The van der Waals surface area contributed by atoms with Gasteiger partial charge in [0.25, 0.3) is 0 Å². The van der Waals surface area contributed by atoms with Gasteiger partial charge in [-0.15, -0.1) is 0 Å². The van der Waals surface area contributed by atoms with Crippen molar-refractivity contribution in [3.05, 3.63) is 0 Å². The molecule has 1 rings (SSSR count). The van der Waals surface area contributed by atoms with E-state index in [2.05, 4.69) is 24.5 Å². The maximum absolute atomic E-state index is 11.5. The Morgan fingerprint density at radius 1 is 1.31 bits per heavy atom. The number of rotatable bonds is 7. The van der Waals surface area contributed by atoms with Crippen molar-refractivity contribution >= 4 is 5.91 Å². The molecule has 3 heteroatoms. The van der Waals surface area contributed by atoms with Crippen LogP contribution in [0.4, 0.5) is 0 Å². The summed E-state index contributed by atoms with van der Waals surface area (Å²) in [5, 5.41) is 6.28. The zero-order valence-electron chi connectivity index (χ0n) is 10.7. The minimum Gasteiger partial charge on any atom is -0.352 e. The lowest BCUT2D eigenvalue weighted by molar-refractivity contribution is -0.120. The molecule has 0 radical (unpaired) electrons. The zero-order valence-corrected chi connectivity index (χ0v) is 10.7. The fraction of sp³-hybridized carbons (Fsp3) is 0.923. The van der Waals surface area contributed by atoms with E-state index in [-0.39, 0.29) is 5.91 Å². The second-order valence-electron chi connectivity index (χ2n) is 5.26. The van der Waals surface area contributed by atoms with E-state index in [1.807, 2.05) is 0 Å². The van der Waals surface area contributed by atoms with Gasteiger partial charge in [-0.2, -0.15) is 0 Å². The molecule has 1 aliphatic carbocycles. The van der Waals surface area contributed by atoms with Crippen LogP contribution in [0, 0.1) is 5.92 Å². The van der Waals surface area contributed by atoms with Crippen LogP contribution in [0.1, 0.15) is 52.4 Å². The lowest BCUT2D eigenvalue weighted by Gasteiger charge is -2.12. The molecule has 16 heavy (non-hydrogen) atoms. The van der Waals surface area contributed by atoms with Gasteiger partial charge in [0.2, 0.25) is 5.91 Å². The summed E-state index contributed by atoms with van der Waals surface area (Å²) < 4.78 is 0. The van der Waals surface area contributed by atoms with Gasteiger partial charge in [-0.05, 0) is 38.1 Å². The molecule has 1 fully saturated rings. The molecular formula is C13H26N2O. The Hall–Kier alpha value is -0.570. The van der Waals surface area contributed by atoms with Gasteiger partial charge in [-0.1, -0.05) is 26.7 Å². The quantitative estimate of drug-likeness (QED) is 0.653. The summed E-state index contributed by atoms with van der Waals surface area (Å²) in [5.41, 5.74) is 0. The second-order valence-corrected chi connectivity index (χ2v) is 5.26. The van der Waals surface area contributed by atoms with Gasteiger partial charge < -0.3 is 10.6 Å². The highest BCUT2D eigenvalue weighted by molar-refractivity contribution is 5.78. The lowest BCUT2D eigenvalue weighted by atomic mass is 10.1. The predicted octanol–water partition coefficient (Wildman–Crippen LogP) is 2.07. The van der Waals surface area contributed by atoms with Crippen molar-refractivity contribution < 1.29 is 4.79 Å². The van der Waals surface area contributed by atoms with E-state index in [1.54, 1.807) is 0 Å². The molecule has 0 aromatic carbocycles. The molecule has 3 nitrogen and oxygen atoms in total. The fourth-order valence-electron chi connectivity index (χ4n) is 2.19. The van der Waals surface area contributed by atoms with Crippen molar-refractivity contribution in [2.24, 2.45) is 5.92 Å². The Labute approximate surface area is 99.4 Å². The number of amides is 1. The zero-order chi connectivity index (χ0) is 11.8. The third-order valence-corrected chi connectivity index (χ3v) is 3.14. The molecule has 0 saturated heterocycles. The molecule has 1 saturated carbocycles. The molecule has 94 valence electrons. The van der Waals surface area contributed by atoms with E-state index in [1.165, 1.54) is 32.1 Å². The van der Waals surface area contributed by atoms with Crippen LogP contribution >= 0.6 is 0 Å². The van der Waals surface area contributed by atoms with Gasteiger partial charge in [-0.3, -0.25) is 4.79 Å². The van der Waals surface area contributed by atoms with Crippen LogP contribution in [0.5, 0.6) is 0 Å². The third kappa shape index (κ3) is 6.11. The van der Waals surface area contributed by atoms with Gasteiger partial charge >= 0.3 is 0 Å². The molecule has 0 atom stereocenters. The van der Waals surface area contributed by atoms with Crippen LogP contribution < -0.4 is 10.6 Å². The van der Waals surface area contributed by atoms with E-state index < -0.39 is 0 Å². The number of carbonyl (C=O) groups excluding carboxylic acids is 1. The molecule has 0 unspecified atom stereocenters. The monoisotopic (exact) mass is 226 g/mol. The SMILES string of the molecule is CC(C)CCCNCC(=O)NC1CCCC1.